The van der Waals surface area contributed by atoms with E-state index >= 15 is 0 Å². The highest BCUT2D eigenvalue weighted by molar-refractivity contribution is 7.98. The predicted molar refractivity (Wildman–Crippen MR) is 69.6 cm³/mol. The van der Waals surface area contributed by atoms with Gasteiger partial charge in [-0.2, -0.15) is 0 Å². The van der Waals surface area contributed by atoms with Gasteiger partial charge in [0.25, 0.3) is 0 Å². The van der Waals surface area contributed by atoms with Crippen molar-refractivity contribution in [2.24, 2.45) is 0 Å². The van der Waals surface area contributed by atoms with Crippen molar-refractivity contribution in [2.75, 3.05) is 7.11 Å². The van der Waals surface area contributed by atoms with Crippen molar-refractivity contribution in [1.82, 2.24) is 9.97 Å². The van der Waals surface area contributed by atoms with Gasteiger partial charge in [-0.15, -0.1) is 11.8 Å². The first-order valence-corrected chi connectivity index (χ1v) is 6.37. The fraction of sp³-hybridized carbons (Fsp3) is 0.167. The molecule has 0 spiro atoms. The summed E-state index contributed by atoms with van der Waals surface area (Å²) in [5.74, 6) is 1.64. The molecular formula is C12H11ClN2OS. The highest BCUT2D eigenvalue weighted by atomic mass is 35.5. The summed E-state index contributed by atoms with van der Waals surface area (Å²) in [6.45, 7) is 0. The van der Waals surface area contributed by atoms with Crippen LogP contribution in [0.1, 0.15) is 5.69 Å². The van der Waals surface area contributed by atoms with Gasteiger partial charge in [-0.25, -0.2) is 4.98 Å². The Balaban J connectivity index is 1.95. The Morgan fingerprint density at radius 3 is 2.53 bits per heavy atom. The van der Waals surface area contributed by atoms with Crippen molar-refractivity contribution in [3.63, 3.8) is 0 Å². The highest BCUT2D eigenvalue weighted by Gasteiger charge is 1.99. The first-order valence-electron chi connectivity index (χ1n) is 5.01. The fourth-order valence-electron chi connectivity index (χ4n) is 1.24. The maximum absolute atomic E-state index is 5.67. The molecule has 0 atom stereocenters. The Morgan fingerprint density at radius 2 is 1.94 bits per heavy atom. The maximum Gasteiger partial charge on any atom is 0.147 e. The van der Waals surface area contributed by atoms with Gasteiger partial charge in [-0.1, -0.05) is 11.6 Å². The van der Waals surface area contributed by atoms with E-state index in [0.717, 1.165) is 17.2 Å². The molecule has 0 N–H and O–H groups in total. The molecule has 0 bridgehead atoms. The standard InChI is InChI=1S/C12H11ClN2OS/c1-16-10-2-4-11(5-3-10)17-8-9-6-15-12(13)7-14-9/h2-7H,8H2,1H3. The molecule has 0 amide bonds. The molecule has 0 radical (unpaired) electrons. The molecule has 1 aromatic heterocycles. The number of ether oxygens (including phenoxy) is 1. The number of rotatable bonds is 4. The molecule has 2 rings (SSSR count). The third kappa shape index (κ3) is 3.61. The van der Waals surface area contributed by atoms with Gasteiger partial charge in [0.2, 0.25) is 0 Å². The molecule has 3 nitrogen and oxygen atoms in total. The predicted octanol–water partition coefficient (Wildman–Crippen LogP) is 3.43. The average Bonchev–Trinajstić information content (AvgIpc) is 2.39. The van der Waals surface area contributed by atoms with Crippen molar-refractivity contribution < 1.29 is 4.74 Å². The van der Waals surface area contributed by atoms with Crippen LogP contribution >= 0.6 is 23.4 Å². The van der Waals surface area contributed by atoms with E-state index in [1.165, 1.54) is 4.90 Å². The smallest absolute Gasteiger partial charge is 0.147 e. The van der Waals surface area contributed by atoms with Crippen LogP contribution in [0.5, 0.6) is 5.75 Å². The third-order valence-corrected chi connectivity index (χ3v) is 3.36. The van der Waals surface area contributed by atoms with Gasteiger partial charge in [0, 0.05) is 10.6 Å². The van der Waals surface area contributed by atoms with Crippen LogP contribution < -0.4 is 4.74 Å². The van der Waals surface area contributed by atoms with Crippen molar-refractivity contribution >= 4 is 23.4 Å². The molecule has 0 saturated carbocycles. The second kappa shape index (κ2) is 5.89. The summed E-state index contributed by atoms with van der Waals surface area (Å²) in [6.07, 6.45) is 3.25. The lowest BCUT2D eigenvalue weighted by Crippen LogP contribution is -1.88. The zero-order valence-electron chi connectivity index (χ0n) is 9.26. The molecule has 1 heterocycles. The summed E-state index contributed by atoms with van der Waals surface area (Å²) in [5.41, 5.74) is 0.912. The van der Waals surface area contributed by atoms with Gasteiger partial charge in [0.1, 0.15) is 10.9 Å². The van der Waals surface area contributed by atoms with E-state index in [-0.39, 0.29) is 0 Å². The lowest BCUT2D eigenvalue weighted by atomic mass is 10.3. The van der Waals surface area contributed by atoms with E-state index < -0.39 is 0 Å². The quantitative estimate of drug-likeness (QED) is 0.794. The molecule has 0 fully saturated rings. The summed E-state index contributed by atoms with van der Waals surface area (Å²) in [7, 11) is 1.66. The van der Waals surface area contributed by atoms with Crippen LogP contribution in [0.15, 0.2) is 41.6 Å². The molecule has 88 valence electrons. The molecule has 0 unspecified atom stereocenters. The summed E-state index contributed by atoms with van der Waals surface area (Å²) < 4.78 is 5.10. The van der Waals surface area contributed by atoms with Crippen molar-refractivity contribution in [2.45, 2.75) is 10.6 Å². The molecule has 17 heavy (non-hydrogen) atoms. The Morgan fingerprint density at radius 1 is 1.18 bits per heavy atom. The summed E-state index contributed by atoms with van der Waals surface area (Å²) >= 11 is 7.37. The molecule has 0 saturated heterocycles. The number of hydrogen-bond acceptors (Lipinski definition) is 4. The number of methoxy groups -OCH3 is 1. The summed E-state index contributed by atoms with van der Waals surface area (Å²) in [6, 6.07) is 7.92. The lowest BCUT2D eigenvalue weighted by Gasteiger charge is -2.03. The van der Waals surface area contributed by atoms with Gasteiger partial charge >= 0.3 is 0 Å². The van der Waals surface area contributed by atoms with Crippen LogP contribution in [-0.2, 0) is 5.75 Å². The Labute approximate surface area is 109 Å². The number of benzene rings is 1. The highest BCUT2D eigenvalue weighted by Crippen LogP contribution is 2.24. The second-order valence-corrected chi connectivity index (χ2v) is 4.73. The van der Waals surface area contributed by atoms with Crippen LogP contribution in [0, 0.1) is 0 Å². The van der Waals surface area contributed by atoms with Crippen molar-refractivity contribution in [3.8, 4) is 5.75 Å². The largest absolute Gasteiger partial charge is 0.497 e. The molecule has 2 aromatic rings. The number of aromatic nitrogens is 2. The zero-order chi connectivity index (χ0) is 12.1. The van der Waals surface area contributed by atoms with E-state index in [4.69, 9.17) is 16.3 Å². The molecule has 0 aliphatic heterocycles. The Kier molecular flexibility index (Phi) is 4.23. The van der Waals surface area contributed by atoms with Gasteiger partial charge in [-0.05, 0) is 24.3 Å². The minimum atomic E-state index is 0.420. The molecule has 0 aliphatic rings. The fourth-order valence-corrected chi connectivity index (χ4v) is 2.13. The maximum atomic E-state index is 5.67. The van der Waals surface area contributed by atoms with E-state index in [1.54, 1.807) is 31.3 Å². The first-order chi connectivity index (χ1) is 8.28. The normalized spacial score (nSPS) is 10.2. The van der Waals surface area contributed by atoms with Crippen LogP contribution in [-0.4, -0.2) is 17.1 Å². The van der Waals surface area contributed by atoms with Crippen molar-refractivity contribution in [3.05, 3.63) is 47.5 Å². The summed E-state index contributed by atoms with van der Waals surface area (Å²) in [4.78, 5) is 9.34. The van der Waals surface area contributed by atoms with Crippen LogP contribution in [0.3, 0.4) is 0 Å². The van der Waals surface area contributed by atoms with E-state index in [2.05, 4.69) is 9.97 Å². The van der Waals surface area contributed by atoms with E-state index in [9.17, 15) is 0 Å². The van der Waals surface area contributed by atoms with Gasteiger partial charge in [0.05, 0.1) is 25.2 Å². The third-order valence-electron chi connectivity index (χ3n) is 2.12. The molecule has 5 heteroatoms. The Hall–Kier alpha value is -1.26. The minimum absolute atomic E-state index is 0.420. The second-order valence-electron chi connectivity index (χ2n) is 3.29. The monoisotopic (exact) mass is 266 g/mol. The molecule has 1 aromatic carbocycles. The van der Waals surface area contributed by atoms with Crippen LogP contribution in [0.4, 0.5) is 0 Å². The van der Waals surface area contributed by atoms with E-state index in [1.807, 2.05) is 24.3 Å². The lowest BCUT2D eigenvalue weighted by molar-refractivity contribution is 0.414. The van der Waals surface area contributed by atoms with E-state index in [0.29, 0.717) is 5.15 Å². The van der Waals surface area contributed by atoms with Gasteiger partial charge in [0.15, 0.2) is 0 Å². The van der Waals surface area contributed by atoms with Crippen LogP contribution in [0.25, 0.3) is 0 Å². The van der Waals surface area contributed by atoms with Crippen molar-refractivity contribution in [1.29, 1.82) is 0 Å². The van der Waals surface area contributed by atoms with Gasteiger partial charge < -0.3 is 4.74 Å². The first kappa shape index (κ1) is 12.2. The number of hydrogen-bond donors (Lipinski definition) is 0. The molecule has 0 aliphatic carbocycles. The Bertz CT molecular complexity index is 473. The SMILES string of the molecule is COc1ccc(SCc2cnc(Cl)cn2)cc1. The average molecular weight is 267 g/mol. The number of halogens is 1. The molecular weight excluding hydrogens is 256 g/mol. The zero-order valence-corrected chi connectivity index (χ0v) is 10.8. The minimum Gasteiger partial charge on any atom is -0.497 e. The van der Waals surface area contributed by atoms with Crippen LogP contribution in [0.2, 0.25) is 5.15 Å². The number of thioether (sulfide) groups is 1. The van der Waals surface area contributed by atoms with Gasteiger partial charge in [-0.3, -0.25) is 4.98 Å². The topological polar surface area (TPSA) is 35.0 Å². The number of nitrogens with zero attached hydrogens (tertiary/aromatic N) is 2. The summed E-state index contributed by atoms with van der Waals surface area (Å²) in [5, 5.41) is 0.420.